The average Bonchev–Trinajstić information content (AvgIpc) is 1.53. The Morgan fingerprint density at radius 3 is 0.992 bits per heavy atom. The van der Waals surface area contributed by atoms with E-state index in [0.717, 1.165) is 6.07 Å². The molecule has 0 amide bonds. The van der Waals surface area contributed by atoms with Gasteiger partial charge in [-0.1, -0.05) is 0 Å². The summed E-state index contributed by atoms with van der Waals surface area (Å²) in [6.45, 7) is 29.7. The minimum absolute atomic E-state index is 0.00805. The number of hydrogen-bond donors (Lipinski definition) is 4. The van der Waals surface area contributed by atoms with Crippen LogP contribution in [0.2, 0.25) is 0 Å². The standard InChI is InChI=1S/C21H25F2N7O3.C20H27F2N7O3.2C20H27F2N7O2/c1-11-6-31-3-2-29(11)19-26-18(13-5-25-16(24)4-12(13)17(22)23)27-20(28-19)30-14-7-32-9-21(14)10-33-8-15(21)30;1-12-9-31-5-3-28(12)19-25-18(15-8-24-16(23)7-14(15)17(21)22)26-20(27-19)29-4-6-32-11-13(29)10-30-2;1-12-10-30-6-4-28(12)18-25-17(14-9-24-15(23)8-13(14)16(21)22)26-19(27-18)29-5-7-31-11-20(29,2)3;1-11-8-30-5-4-28(11)19-25-18(15-7-24-16(23)6-14(15)17(21)22)26-20(27-19)29-12(2)9-31-10-13(29)3/h4-5,11,14-15,17H,2-3,6-10H2,1H3,(H2,24,25);7-8,12-13,17H,3-6,9-11H2,1-2H3,(H2,23,24);8-9,12,16H,4-7,10-11H2,1-3H3,(H2,23,24);6-7,11-13,17H,4-5,8-10H2,1-3H3,(H2,23,24)/t11-,14?,15?,21?;12-,13-;12-;11-,12-,13+/m1111/s1. The lowest BCUT2D eigenvalue weighted by atomic mass is 9.69. The minimum Gasteiger partial charge on any atom is -0.384 e. The van der Waals surface area contributed by atoms with Crippen LogP contribution in [0.5, 0.6) is 0 Å². The van der Waals surface area contributed by atoms with E-state index in [9.17, 15) is 35.1 Å². The first-order valence-electron chi connectivity index (χ1n) is 42.1. The summed E-state index contributed by atoms with van der Waals surface area (Å²) in [6, 6.07) is 4.87. The fraction of sp³-hybridized carbons (Fsp3) is 0.605. The molecule has 0 radical (unpaired) electrons. The van der Waals surface area contributed by atoms with Gasteiger partial charge in [0.1, 0.15) is 23.3 Å². The van der Waals surface area contributed by atoms with Crippen molar-refractivity contribution in [2.75, 3.05) is 234 Å². The van der Waals surface area contributed by atoms with Gasteiger partial charge in [0.05, 0.1) is 191 Å². The Morgan fingerprint density at radius 1 is 0.346 bits per heavy atom. The smallest absolute Gasteiger partial charge is 0.264 e. The van der Waals surface area contributed by atoms with Gasteiger partial charge in [-0.25, -0.2) is 55.1 Å². The second-order valence-electron chi connectivity index (χ2n) is 33.2. The number of methoxy groups -OCH3 is 1. The van der Waals surface area contributed by atoms with Crippen molar-refractivity contribution in [2.24, 2.45) is 5.41 Å². The van der Waals surface area contributed by atoms with Gasteiger partial charge < -0.3 is 110 Å². The van der Waals surface area contributed by atoms with Crippen LogP contribution in [-0.4, -0.2) is 312 Å². The van der Waals surface area contributed by atoms with Crippen molar-refractivity contribution in [3.63, 3.8) is 0 Å². The quantitative estimate of drug-likeness (QED) is 0.0608. The Balaban J connectivity index is 0.000000131. The topological polar surface area (TPSA) is 429 Å². The fourth-order valence-electron chi connectivity index (χ4n) is 17.1. The first-order valence-corrected chi connectivity index (χ1v) is 42.1. The lowest BCUT2D eigenvalue weighted by Crippen LogP contribution is -2.71. The second kappa shape index (κ2) is 39.5. The lowest BCUT2D eigenvalue weighted by molar-refractivity contribution is 0.0593. The predicted octanol–water partition coefficient (Wildman–Crippen LogP) is 7.40. The highest BCUT2D eigenvalue weighted by Crippen LogP contribution is 2.54. The first kappa shape index (κ1) is 91.0. The molecular weight excluding hydrogens is 1680 g/mol. The van der Waals surface area contributed by atoms with Crippen molar-refractivity contribution in [2.45, 2.75) is 141 Å². The largest absolute Gasteiger partial charge is 0.384 e. The highest BCUT2D eigenvalue weighted by molar-refractivity contribution is 5.69. The second-order valence-corrected chi connectivity index (χ2v) is 33.2. The number of ether oxygens (including phenoxy) is 10. The van der Waals surface area contributed by atoms with Gasteiger partial charge in [0.15, 0.2) is 23.3 Å². The Morgan fingerprint density at radius 2 is 0.646 bits per heavy atom. The van der Waals surface area contributed by atoms with E-state index in [2.05, 4.69) is 69.6 Å². The van der Waals surface area contributed by atoms with Gasteiger partial charge in [-0.15, -0.1) is 0 Å². The predicted molar refractivity (Wildman–Crippen MR) is 453 cm³/mol. The van der Waals surface area contributed by atoms with Crippen molar-refractivity contribution < 1.29 is 82.5 Å². The summed E-state index contributed by atoms with van der Waals surface area (Å²) in [5, 5.41) is 0. The maximum atomic E-state index is 13.9. The van der Waals surface area contributed by atoms with Gasteiger partial charge >= 0.3 is 0 Å². The zero-order valence-corrected chi connectivity index (χ0v) is 72.0. The summed E-state index contributed by atoms with van der Waals surface area (Å²) < 4.78 is 166. The van der Waals surface area contributed by atoms with E-state index in [1.165, 1.54) is 43.0 Å². The van der Waals surface area contributed by atoms with Crippen LogP contribution in [0.4, 0.5) is 106 Å². The number of nitrogen functional groups attached to an aromatic ring is 4. The molecule has 10 aliphatic heterocycles. The summed E-state index contributed by atoms with van der Waals surface area (Å²) in [4.78, 5) is 87.9. The number of alkyl halides is 8. The molecule has 8 N–H and O–H groups in total. The molecule has 10 aliphatic rings. The molecule has 127 heavy (non-hydrogen) atoms. The summed E-state index contributed by atoms with van der Waals surface area (Å²) in [6.07, 6.45) is -5.81. The Labute approximate surface area is 727 Å². The molecule has 10 fully saturated rings. The molecule has 0 aromatic carbocycles. The molecule has 0 saturated carbocycles. The third-order valence-corrected chi connectivity index (χ3v) is 23.8. The van der Waals surface area contributed by atoms with Crippen molar-refractivity contribution in [3.05, 3.63) is 71.3 Å². The van der Waals surface area contributed by atoms with Gasteiger partial charge in [-0.05, 0) is 79.7 Å². The summed E-state index contributed by atoms with van der Waals surface area (Å²) in [5.74, 6) is 3.97. The number of hydrogen-bond acceptors (Lipinski definition) is 38. The van der Waals surface area contributed by atoms with E-state index in [0.29, 0.717) is 212 Å². The van der Waals surface area contributed by atoms with Crippen LogP contribution in [-0.2, 0) is 47.4 Å². The normalized spacial score (nSPS) is 24.8. The molecule has 18 heterocycles. The van der Waals surface area contributed by atoms with Crippen LogP contribution in [0, 0.1) is 5.41 Å². The molecule has 8 aromatic rings. The number of aromatic nitrogens is 16. The van der Waals surface area contributed by atoms with E-state index in [1.54, 1.807) is 7.11 Å². The molecule has 0 aliphatic carbocycles. The van der Waals surface area contributed by atoms with E-state index in [1.807, 2.05) is 84.8 Å². The molecule has 686 valence electrons. The Hall–Kier alpha value is -10.7. The van der Waals surface area contributed by atoms with Crippen molar-refractivity contribution in [1.29, 1.82) is 0 Å². The van der Waals surface area contributed by atoms with Gasteiger partial charge in [0.25, 0.3) is 25.7 Å². The molecule has 0 bridgehead atoms. The van der Waals surface area contributed by atoms with Gasteiger partial charge in [-0.2, -0.15) is 59.8 Å². The fourth-order valence-corrected chi connectivity index (χ4v) is 17.1. The molecule has 38 nitrogen and oxygen atoms in total. The average molecular weight is 1780 g/mol. The monoisotopic (exact) mass is 1780 g/mol. The lowest BCUT2D eigenvalue weighted by Gasteiger charge is -2.55. The summed E-state index contributed by atoms with van der Waals surface area (Å²) >= 11 is 0. The van der Waals surface area contributed by atoms with Crippen molar-refractivity contribution in [3.8, 4) is 45.6 Å². The van der Waals surface area contributed by atoms with Crippen molar-refractivity contribution in [1.82, 2.24) is 79.7 Å². The third kappa shape index (κ3) is 19.8. The van der Waals surface area contributed by atoms with Gasteiger partial charge in [-0.3, -0.25) is 0 Å². The molecule has 8 aromatic heterocycles. The maximum absolute atomic E-state index is 13.9. The SMILES string of the molecule is COC[C@@H]1COCCN1c1nc(-c2cnc(N)cc2C(F)F)nc(N2CCOC[C@H]2C)n1.C[C@@H]1COCCN1c1nc(-c2cnc(N)cc2C(F)F)nc(N2C3COCC34COCC24)n1.C[C@@H]1COCCN1c1nc(-c2cnc(N)cc2C(F)F)nc(N2CCOCC2(C)C)n1.C[C@@H]1COCCN1c1nc(-c2cnc(N)cc2C(F)F)nc(N2[C@H](C)COC[C@@H]2C)n1. The molecule has 18 rings (SSSR count). The number of nitrogens with two attached hydrogens (primary N) is 4. The van der Waals surface area contributed by atoms with Crippen LogP contribution < -0.4 is 62.1 Å². The van der Waals surface area contributed by atoms with Gasteiger partial charge in [0, 0.05) is 116 Å². The van der Waals surface area contributed by atoms with E-state index < -0.39 is 25.7 Å². The van der Waals surface area contributed by atoms with Crippen LogP contribution in [0.3, 0.4) is 0 Å². The van der Waals surface area contributed by atoms with Crippen molar-refractivity contribution >= 4 is 70.9 Å². The molecule has 2 unspecified atom stereocenters. The molecular formula is C81H106F8N28O10. The number of anilines is 12. The van der Waals surface area contributed by atoms with E-state index >= 15 is 0 Å². The number of rotatable bonds is 18. The number of morpholine rings is 7. The van der Waals surface area contributed by atoms with E-state index in [4.69, 9.17) is 90.2 Å². The number of halogens is 8. The van der Waals surface area contributed by atoms with E-state index in [-0.39, 0.29) is 156 Å². The first-order chi connectivity index (χ1) is 61.1. The minimum atomic E-state index is -2.76. The Kier molecular flexibility index (Phi) is 28.3. The highest BCUT2D eigenvalue weighted by atomic mass is 19.3. The number of nitrogens with zero attached hydrogens (tertiary/aromatic N) is 24. The zero-order chi connectivity index (χ0) is 89.7. The maximum Gasteiger partial charge on any atom is 0.264 e. The summed E-state index contributed by atoms with van der Waals surface area (Å²) in [7, 11) is 1.61. The van der Waals surface area contributed by atoms with Crippen LogP contribution in [0.1, 0.15) is 103 Å². The highest BCUT2D eigenvalue weighted by Gasteiger charge is 2.67. The van der Waals surface area contributed by atoms with Crippen LogP contribution >= 0.6 is 0 Å². The molecule has 46 heteroatoms. The number of pyridine rings is 4. The summed E-state index contributed by atoms with van der Waals surface area (Å²) in [5.41, 5.74) is 21.7. The van der Waals surface area contributed by atoms with Crippen LogP contribution in [0.25, 0.3) is 45.6 Å². The molecule has 10 saturated heterocycles. The van der Waals surface area contributed by atoms with Gasteiger partial charge in [0.2, 0.25) is 47.6 Å². The van der Waals surface area contributed by atoms with Crippen LogP contribution in [0.15, 0.2) is 49.1 Å². The molecule has 1 spiro atoms. The molecule has 9 atom stereocenters. The third-order valence-electron chi connectivity index (χ3n) is 23.8. The Bertz CT molecular complexity index is 4960. The zero-order valence-electron chi connectivity index (χ0n) is 72.0.